The highest BCUT2D eigenvalue weighted by Gasteiger charge is 2.34. The molecule has 51 heavy (non-hydrogen) atoms. The highest BCUT2D eigenvalue weighted by atomic mass is 127. The van der Waals surface area contributed by atoms with E-state index in [-0.39, 0.29) is 24.3 Å². The van der Waals surface area contributed by atoms with Gasteiger partial charge in [-0.1, -0.05) is 59.9 Å². The van der Waals surface area contributed by atoms with E-state index in [1.807, 2.05) is 43.3 Å². The summed E-state index contributed by atoms with van der Waals surface area (Å²) in [7, 11) is 1.28. The van der Waals surface area contributed by atoms with E-state index in [1.54, 1.807) is 32.0 Å². The normalized spacial score (nSPS) is 14.1. The lowest BCUT2D eigenvalue weighted by atomic mass is 9.95. The fourth-order valence-corrected chi connectivity index (χ4v) is 7.49. The van der Waals surface area contributed by atoms with Crippen LogP contribution in [-0.2, 0) is 25.7 Å². The number of benzene rings is 4. The predicted octanol–water partition coefficient (Wildman–Crippen LogP) is 6.09. The maximum atomic E-state index is 14.2. The molecule has 6 rings (SSSR count). The third kappa shape index (κ3) is 7.86. The minimum Gasteiger partial charge on any atom is -0.490 e. The molecule has 1 aromatic heterocycles. The van der Waals surface area contributed by atoms with Gasteiger partial charge in [0.15, 0.2) is 22.9 Å². The molecular formula is C39H35IN2O8S. The minimum absolute atomic E-state index is 0.151. The van der Waals surface area contributed by atoms with Crippen LogP contribution in [0.3, 0.4) is 0 Å². The molecule has 0 spiro atoms. The minimum atomic E-state index is -0.859. The fraction of sp³-hybridized carbons (Fsp3) is 0.231. The van der Waals surface area contributed by atoms with E-state index >= 15 is 0 Å². The zero-order valence-corrected chi connectivity index (χ0v) is 31.4. The van der Waals surface area contributed by atoms with Crippen molar-refractivity contribution in [2.45, 2.75) is 33.4 Å². The maximum absolute atomic E-state index is 14.2. The van der Waals surface area contributed by atoms with Crippen LogP contribution < -0.4 is 29.1 Å². The van der Waals surface area contributed by atoms with Gasteiger partial charge in [0.25, 0.3) is 5.56 Å². The van der Waals surface area contributed by atoms with Gasteiger partial charge in [0.2, 0.25) is 0 Å². The summed E-state index contributed by atoms with van der Waals surface area (Å²) in [5.74, 6) is 0.277. The number of fused-ring (bicyclic) bond motifs is 2. The number of ether oxygens (including phenoxy) is 5. The molecule has 0 N–H and O–H groups in total. The lowest BCUT2D eigenvalue weighted by Crippen LogP contribution is -2.40. The van der Waals surface area contributed by atoms with Crippen LogP contribution in [0.5, 0.6) is 17.2 Å². The van der Waals surface area contributed by atoms with Crippen molar-refractivity contribution in [3.8, 4) is 17.2 Å². The van der Waals surface area contributed by atoms with Gasteiger partial charge in [-0.2, -0.15) is 0 Å². The monoisotopic (exact) mass is 818 g/mol. The van der Waals surface area contributed by atoms with Crippen molar-refractivity contribution in [3.05, 3.63) is 130 Å². The summed E-state index contributed by atoms with van der Waals surface area (Å²) in [4.78, 5) is 44.5. The molecule has 0 radical (unpaired) electrons. The molecule has 0 aliphatic carbocycles. The molecule has 0 amide bonds. The van der Waals surface area contributed by atoms with Crippen molar-refractivity contribution in [2.24, 2.45) is 4.99 Å². The number of halogens is 1. The van der Waals surface area contributed by atoms with Crippen molar-refractivity contribution in [2.75, 3.05) is 26.9 Å². The van der Waals surface area contributed by atoms with Gasteiger partial charge in [-0.15, -0.1) is 0 Å². The second kappa shape index (κ2) is 15.9. The topological polar surface area (TPSA) is 115 Å². The highest BCUT2D eigenvalue weighted by molar-refractivity contribution is 14.1. The van der Waals surface area contributed by atoms with Crippen LogP contribution in [0.2, 0.25) is 0 Å². The first-order valence-corrected chi connectivity index (χ1v) is 18.2. The Morgan fingerprint density at radius 3 is 2.43 bits per heavy atom. The molecule has 5 aromatic rings. The zero-order chi connectivity index (χ0) is 36.1. The third-order valence-electron chi connectivity index (χ3n) is 8.14. The van der Waals surface area contributed by atoms with Gasteiger partial charge in [0.1, 0.15) is 12.4 Å². The molecule has 0 bridgehead atoms. The Labute approximate surface area is 311 Å². The fourth-order valence-electron chi connectivity index (χ4n) is 5.75. The first-order valence-electron chi connectivity index (χ1n) is 16.3. The average molecular weight is 819 g/mol. The number of hydrogen-bond acceptors (Lipinski definition) is 10. The van der Waals surface area contributed by atoms with Gasteiger partial charge in [-0.05, 0) is 107 Å². The molecule has 0 fully saturated rings. The van der Waals surface area contributed by atoms with Crippen molar-refractivity contribution in [1.82, 2.24) is 4.57 Å². The smallest absolute Gasteiger partial charge is 0.343 e. The van der Waals surface area contributed by atoms with Crippen LogP contribution in [0.1, 0.15) is 43.5 Å². The highest BCUT2D eigenvalue weighted by Crippen LogP contribution is 2.36. The molecule has 4 aromatic carbocycles. The number of esters is 2. The van der Waals surface area contributed by atoms with Crippen LogP contribution in [0.15, 0.2) is 99.9 Å². The number of thiazole rings is 1. The number of allylic oxidation sites excluding steroid dienone is 1. The van der Waals surface area contributed by atoms with E-state index in [0.717, 1.165) is 25.8 Å². The van der Waals surface area contributed by atoms with Gasteiger partial charge in [0.05, 0.1) is 45.7 Å². The summed E-state index contributed by atoms with van der Waals surface area (Å²) >= 11 is 3.47. The predicted molar refractivity (Wildman–Crippen MR) is 203 cm³/mol. The molecular weight excluding hydrogens is 783 g/mol. The molecule has 1 aliphatic heterocycles. The van der Waals surface area contributed by atoms with Crippen molar-refractivity contribution < 1.29 is 33.3 Å². The molecule has 0 unspecified atom stereocenters. The molecule has 1 atom stereocenters. The van der Waals surface area contributed by atoms with Crippen molar-refractivity contribution in [1.29, 1.82) is 0 Å². The number of methoxy groups -OCH3 is 1. The van der Waals surface area contributed by atoms with E-state index in [4.69, 9.17) is 23.7 Å². The number of carbonyl (C=O) groups is 2. The largest absolute Gasteiger partial charge is 0.490 e. The molecule has 262 valence electrons. The quantitative estimate of drug-likeness (QED) is 0.110. The Morgan fingerprint density at radius 1 is 0.902 bits per heavy atom. The summed E-state index contributed by atoms with van der Waals surface area (Å²) in [5, 5.41) is 2.34. The molecule has 2 heterocycles. The Kier molecular flexibility index (Phi) is 11.2. The summed E-state index contributed by atoms with van der Waals surface area (Å²) in [5.41, 5.74) is 2.83. The van der Waals surface area contributed by atoms with Crippen molar-refractivity contribution in [3.63, 3.8) is 0 Å². The Bertz CT molecular complexity index is 2350. The standard InChI is InChI=1S/C39H35IN2O8S/c1-5-47-32-20-28(14-16-31(32)50-22-34(43)46-4)36-35(38(45)48-6-2)23(3)41-39-42(36)37(44)33(51-39)19-24-12-15-30(29(40)18-24)49-21-25-11-13-26-9-7-8-10-27(26)17-25/h7-20,36H,5-6,21-22H2,1-4H3/b33-19-/t36-/m0/s1. The molecule has 0 saturated carbocycles. The van der Waals surface area contributed by atoms with Gasteiger partial charge < -0.3 is 23.7 Å². The number of nitrogens with zero attached hydrogens (tertiary/aromatic N) is 2. The van der Waals surface area contributed by atoms with Crippen LogP contribution in [-0.4, -0.2) is 43.4 Å². The van der Waals surface area contributed by atoms with Crippen LogP contribution >= 0.6 is 33.9 Å². The van der Waals surface area contributed by atoms with E-state index < -0.39 is 18.0 Å². The maximum Gasteiger partial charge on any atom is 0.343 e. The molecule has 0 saturated heterocycles. The summed E-state index contributed by atoms with van der Waals surface area (Å²) in [6.07, 6.45) is 1.81. The lowest BCUT2D eigenvalue weighted by Gasteiger charge is -2.25. The van der Waals surface area contributed by atoms with E-state index in [1.165, 1.54) is 28.4 Å². The van der Waals surface area contributed by atoms with E-state index in [9.17, 15) is 14.4 Å². The summed E-state index contributed by atoms with van der Waals surface area (Å²) in [6, 6.07) is 24.5. The van der Waals surface area contributed by atoms with Crippen LogP contribution in [0.4, 0.5) is 0 Å². The molecule has 10 nitrogen and oxygen atoms in total. The van der Waals surface area contributed by atoms with Crippen molar-refractivity contribution >= 4 is 62.7 Å². The van der Waals surface area contributed by atoms with Crippen LogP contribution in [0, 0.1) is 3.57 Å². The number of rotatable bonds is 12. The Morgan fingerprint density at radius 2 is 1.69 bits per heavy atom. The van der Waals surface area contributed by atoms with Gasteiger partial charge in [0, 0.05) is 0 Å². The first kappa shape index (κ1) is 35.9. The zero-order valence-electron chi connectivity index (χ0n) is 28.4. The average Bonchev–Trinajstić information content (AvgIpc) is 3.43. The third-order valence-corrected chi connectivity index (χ3v) is 9.96. The van der Waals surface area contributed by atoms with Crippen LogP contribution in [0.25, 0.3) is 16.8 Å². The molecule has 12 heteroatoms. The van der Waals surface area contributed by atoms with Gasteiger partial charge in [-0.25, -0.2) is 14.6 Å². The number of aromatic nitrogens is 1. The Hall–Kier alpha value is -4.95. The second-order valence-electron chi connectivity index (χ2n) is 11.5. The summed E-state index contributed by atoms with van der Waals surface area (Å²) in [6.45, 7) is 5.84. The van der Waals surface area contributed by atoms with E-state index in [0.29, 0.717) is 45.3 Å². The SMILES string of the molecule is CCOC(=O)C1=C(C)N=c2s/c(=C\c3ccc(OCc4ccc5ccccc5c4)c(I)c3)c(=O)n2[C@H]1c1ccc(OCC(=O)OC)c(OCC)c1. The first-order chi connectivity index (χ1) is 24.7. The van der Waals surface area contributed by atoms with Gasteiger partial charge >= 0.3 is 11.9 Å². The molecule has 1 aliphatic rings. The van der Waals surface area contributed by atoms with Gasteiger partial charge in [-0.3, -0.25) is 9.36 Å². The van der Waals surface area contributed by atoms with E-state index in [2.05, 4.69) is 57.9 Å². The Balaban J connectivity index is 1.34. The number of carbonyl (C=O) groups excluding carboxylic acids is 2. The summed E-state index contributed by atoms with van der Waals surface area (Å²) < 4.78 is 30.7. The number of hydrogen-bond donors (Lipinski definition) is 0. The lowest BCUT2D eigenvalue weighted by molar-refractivity contribution is -0.143. The second-order valence-corrected chi connectivity index (χ2v) is 13.6.